The predicted octanol–water partition coefficient (Wildman–Crippen LogP) is 1.32. The number of carboxylic acids is 1. The summed E-state index contributed by atoms with van der Waals surface area (Å²) >= 11 is 1.37. The molecule has 20 heavy (non-hydrogen) atoms. The van der Waals surface area contributed by atoms with E-state index in [1.54, 1.807) is 6.92 Å². The maximum atomic E-state index is 13.8. The number of sulfonamides is 1. The number of carbonyl (C=O) groups is 1. The third kappa shape index (κ3) is 2.82. The van der Waals surface area contributed by atoms with Crippen molar-refractivity contribution in [3.63, 3.8) is 0 Å². The molecule has 2 rings (SSSR count). The van der Waals surface area contributed by atoms with Crippen LogP contribution in [0.4, 0.5) is 4.39 Å². The van der Waals surface area contributed by atoms with E-state index >= 15 is 0 Å². The molecule has 0 amide bonds. The van der Waals surface area contributed by atoms with Crippen LogP contribution in [-0.4, -0.2) is 47.9 Å². The number of hydrogen-bond donors (Lipinski definition) is 1. The molecule has 5 nitrogen and oxygen atoms in total. The molecule has 1 saturated heterocycles. The molecule has 8 heteroatoms. The molecule has 1 aromatic rings. The highest BCUT2D eigenvalue weighted by Crippen LogP contribution is 2.27. The van der Waals surface area contributed by atoms with E-state index in [9.17, 15) is 17.6 Å². The Morgan fingerprint density at radius 3 is 2.85 bits per heavy atom. The molecule has 0 aromatic heterocycles. The number of thioether (sulfide) groups is 1. The number of halogens is 1. The lowest BCUT2D eigenvalue weighted by Crippen LogP contribution is -2.50. The van der Waals surface area contributed by atoms with Gasteiger partial charge in [0, 0.05) is 18.1 Å². The fraction of sp³-hybridized carbons (Fsp3) is 0.417. The van der Waals surface area contributed by atoms with Crippen molar-refractivity contribution in [2.75, 3.05) is 18.1 Å². The van der Waals surface area contributed by atoms with Gasteiger partial charge in [-0.15, -0.1) is 0 Å². The van der Waals surface area contributed by atoms with Crippen LogP contribution in [0.5, 0.6) is 0 Å². The van der Waals surface area contributed by atoms with Crippen LogP contribution in [0.25, 0.3) is 0 Å². The summed E-state index contributed by atoms with van der Waals surface area (Å²) in [4.78, 5) is 10.7. The van der Waals surface area contributed by atoms with Gasteiger partial charge in [-0.05, 0) is 24.6 Å². The monoisotopic (exact) mass is 319 g/mol. The summed E-state index contributed by atoms with van der Waals surface area (Å²) in [6.45, 7) is 1.72. The Kier molecular flexibility index (Phi) is 4.36. The summed E-state index contributed by atoms with van der Waals surface area (Å²) in [7, 11) is -4.15. The van der Waals surface area contributed by atoms with Gasteiger partial charge in [-0.1, -0.05) is 6.07 Å². The fourth-order valence-corrected chi connectivity index (χ4v) is 4.99. The molecule has 0 bridgehead atoms. The quantitative estimate of drug-likeness (QED) is 0.909. The number of benzene rings is 1. The van der Waals surface area contributed by atoms with Crippen molar-refractivity contribution >= 4 is 27.8 Å². The average Bonchev–Trinajstić information content (AvgIpc) is 2.41. The van der Waals surface area contributed by atoms with Crippen molar-refractivity contribution in [3.05, 3.63) is 29.6 Å². The van der Waals surface area contributed by atoms with Gasteiger partial charge in [0.15, 0.2) is 0 Å². The lowest BCUT2D eigenvalue weighted by Gasteiger charge is -2.31. The van der Waals surface area contributed by atoms with E-state index < -0.39 is 32.7 Å². The van der Waals surface area contributed by atoms with Crippen LogP contribution in [0.2, 0.25) is 0 Å². The van der Waals surface area contributed by atoms with Crippen molar-refractivity contribution in [1.29, 1.82) is 0 Å². The van der Waals surface area contributed by atoms with Crippen molar-refractivity contribution in [2.45, 2.75) is 17.9 Å². The molecule has 1 unspecified atom stereocenters. The lowest BCUT2D eigenvalue weighted by atomic mass is 10.2. The third-order valence-electron chi connectivity index (χ3n) is 3.04. The van der Waals surface area contributed by atoms with Crippen molar-refractivity contribution in [1.82, 2.24) is 4.31 Å². The first-order valence-corrected chi connectivity index (χ1v) is 8.52. The summed E-state index contributed by atoms with van der Waals surface area (Å²) in [5.74, 6) is -1.41. The minimum atomic E-state index is -4.15. The first-order chi connectivity index (χ1) is 9.34. The number of carboxylic acid groups (broad SMARTS) is 1. The molecule has 1 fully saturated rings. The molecule has 0 aliphatic carbocycles. The second-order valence-electron chi connectivity index (χ2n) is 4.48. The third-order valence-corrected chi connectivity index (χ3v) is 5.98. The SMILES string of the molecule is Cc1ccc(F)c(S(=O)(=O)N2CCSCC2C(=O)O)c1. The highest BCUT2D eigenvalue weighted by molar-refractivity contribution is 7.99. The van der Waals surface area contributed by atoms with Crippen LogP contribution in [-0.2, 0) is 14.8 Å². The second-order valence-corrected chi connectivity index (χ2v) is 7.49. The van der Waals surface area contributed by atoms with Crippen LogP contribution in [0, 0.1) is 12.7 Å². The van der Waals surface area contributed by atoms with Crippen LogP contribution in [0.1, 0.15) is 5.56 Å². The van der Waals surface area contributed by atoms with Gasteiger partial charge in [0.1, 0.15) is 16.8 Å². The van der Waals surface area contributed by atoms with Crippen LogP contribution < -0.4 is 0 Å². The maximum Gasteiger partial charge on any atom is 0.322 e. The minimum Gasteiger partial charge on any atom is -0.480 e. The number of aliphatic carboxylic acids is 1. The number of hydrogen-bond acceptors (Lipinski definition) is 4. The average molecular weight is 319 g/mol. The van der Waals surface area contributed by atoms with E-state index in [-0.39, 0.29) is 12.3 Å². The number of aryl methyl sites for hydroxylation is 1. The van der Waals surface area contributed by atoms with E-state index in [0.29, 0.717) is 11.3 Å². The zero-order valence-corrected chi connectivity index (χ0v) is 12.4. The van der Waals surface area contributed by atoms with E-state index in [1.807, 2.05) is 0 Å². The molecule has 1 aliphatic heterocycles. The maximum absolute atomic E-state index is 13.8. The Morgan fingerprint density at radius 2 is 2.20 bits per heavy atom. The molecule has 1 aliphatic rings. The zero-order chi connectivity index (χ0) is 14.9. The predicted molar refractivity (Wildman–Crippen MR) is 73.8 cm³/mol. The van der Waals surface area contributed by atoms with Gasteiger partial charge < -0.3 is 5.11 Å². The number of rotatable bonds is 3. The topological polar surface area (TPSA) is 74.7 Å². The largest absolute Gasteiger partial charge is 0.480 e. The minimum absolute atomic E-state index is 0.0668. The zero-order valence-electron chi connectivity index (χ0n) is 10.7. The molecule has 1 N–H and O–H groups in total. The molecule has 0 radical (unpaired) electrons. The summed E-state index contributed by atoms with van der Waals surface area (Å²) in [5.41, 5.74) is 0.600. The summed E-state index contributed by atoms with van der Waals surface area (Å²) in [6.07, 6.45) is 0. The highest BCUT2D eigenvalue weighted by Gasteiger charge is 2.39. The Morgan fingerprint density at radius 1 is 1.50 bits per heavy atom. The van der Waals surface area contributed by atoms with Gasteiger partial charge >= 0.3 is 5.97 Å². The molecule has 1 heterocycles. The van der Waals surface area contributed by atoms with Gasteiger partial charge in [0.25, 0.3) is 0 Å². The van der Waals surface area contributed by atoms with Gasteiger partial charge in [-0.2, -0.15) is 16.1 Å². The molecular formula is C12H14FNO4S2. The van der Waals surface area contributed by atoms with Crippen molar-refractivity contribution < 1.29 is 22.7 Å². The van der Waals surface area contributed by atoms with Gasteiger partial charge in [0.05, 0.1) is 0 Å². The summed E-state index contributed by atoms with van der Waals surface area (Å²) < 4.78 is 39.6. The Bertz CT molecular complexity index is 632. The molecule has 110 valence electrons. The van der Waals surface area contributed by atoms with Crippen LogP contribution >= 0.6 is 11.8 Å². The van der Waals surface area contributed by atoms with Crippen molar-refractivity contribution in [3.8, 4) is 0 Å². The van der Waals surface area contributed by atoms with E-state index in [0.717, 1.165) is 10.4 Å². The molecule has 0 saturated carbocycles. The lowest BCUT2D eigenvalue weighted by molar-refractivity contribution is -0.140. The van der Waals surface area contributed by atoms with Gasteiger partial charge in [-0.3, -0.25) is 4.79 Å². The first kappa shape index (κ1) is 15.3. The smallest absolute Gasteiger partial charge is 0.322 e. The normalized spacial score (nSPS) is 20.8. The molecule has 0 spiro atoms. The number of nitrogens with zero attached hydrogens (tertiary/aromatic N) is 1. The molecular weight excluding hydrogens is 305 g/mol. The highest BCUT2D eigenvalue weighted by atomic mass is 32.2. The van der Waals surface area contributed by atoms with Gasteiger partial charge in [-0.25, -0.2) is 12.8 Å². The summed E-state index contributed by atoms with van der Waals surface area (Å²) in [6, 6.07) is 2.62. The second kappa shape index (κ2) is 5.71. The van der Waals surface area contributed by atoms with Crippen LogP contribution in [0.3, 0.4) is 0 Å². The Hall–Kier alpha value is -1.12. The standard InChI is InChI=1S/C12H14FNO4S2/c1-8-2-3-9(13)11(6-8)20(17,18)14-4-5-19-7-10(14)12(15)16/h2-3,6,10H,4-5,7H2,1H3,(H,15,16). The fourth-order valence-electron chi connectivity index (χ4n) is 2.01. The van der Waals surface area contributed by atoms with E-state index in [4.69, 9.17) is 5.11 Å². The van der Waals surface area contributed by atoms with E-state index in [2.05, 4.69) is 0 Å². The van der Waals surface area contributed by atoms with Gasteiger partial charge in [0.2, 0.25) is 10.0 Å². The van der Waals surface area contributed by atoms with Crippen molar-refractivity contribution in [2.24, 2.45) is 0 Å². The summed E-state index contributed by atoms with van der Waals surface area (Å²) in [5, 5.41) is 9.13. The van der Waals surface area contributed by atoms with Crippen LogP contribution in [0.15, 0.2) is 23.1 Å². The molecule has 1 atom stereocenters. The molecule has 1 aromatic carbocycles. The first-order valence-electron chi connectivity index (χ1n) is 5.92. The van der Waals surface area contributed by atoms with E-state index in [1.165, 1.54) is 23.9 Å². The Labute approximate surface area is 120 Å². The Balaban J connectivity index is 2.47.